The number of hydrogen-bond acceptors (Lipinski definition) is 6. The van der Waals surface area contributed by atoms with Crippen LogP contribution in [0.5, 0.6) is 0 Å². The number of aliphatic imine (C=N–C) groups is 1. The van der Waals surface area contributed by atoms with Crippen LogP contribution in [0.1, 0.15) is 19.3 Å². The van der Waals surface area contributed by atoms with E-state index < -0.39 is 30.6 Å². The third-order valence-corrected chi connectivity index (χ3v) is 3.21. The molecule has 0 aromatic heterocycles. The quantitative estimate of drug-likeness (QED) is 0.478. The van der Waals surface area contributed by atoms with Gasteiger partial charge in [0.1, 0.15) is 0 Å². The summed E-state index contributed by atoms with van der Waals surface area (Å²) in [6, 6.07) is -1.67. The average molecular weight is 288 g/mol. The molecule has 3 atom stereocenters. The fourth-order valence-electron chi connectivity index (χ4n) is 2.24. The normalized spacial score (nSPS) is 26.4. The molecule has 1 aliphatic carbocycles. The third kappa shape index (κ3) is 4.55. The number of aliphatic hydroxyl groups is 1. The number of aliphatic carboxylic acids is 2. The smallest absolute Gasteiger partial charge is 0.330 e. The second kappa shape index (κ2) is 7.93. The van der Waals surface area contributed by atoms with Gasteiger partial charge in [-0.05, 0) is 19.3 Å². The summed E-state index contributed by atoms with van der Waals surface area (Å²) >= 11 is 0. The van der Waals surface area contributed by atoms with Gasteiger partial charge in [-0.1, -0.05) is 0 Å². The Hall–Kier alpha value is -1.51. The van der Waals surface area contributed by atoms with Crippen molar-refractivity contribution in [2.45, 2.75) is 37.5 Å². The molecule has 2 unspecified atom stereocenters. The van der Waals surface area contributed by atoms with Gasteiger partial charge in [0.2, 0.25) is 0 Å². The lowest BCUT2D eigenvalue weighted by Crippen LogP contribution is -2.51. The minimum Gasteiger partial charge on any atom is -0.480 e. The van der Waals surface area contributed by atoms with E-state index in [0.717, 1.165) is 12.8 Å². The van der Waals surface area contributed by atoms with Crippen LogP contribution in [0.4, 0.5) is 0 Å². The first kappa shape index (κ1) is 16.5. The van der Waals surface area contributed by atoms with Crippen molar-refractivity contribution in [2.24, 2.45) is 4.99 Å². The number of hydrogen-bond donors (Lipinski definition) is 4. The summed E-state index contributed by atoms with van der Waals surface area (Å²) in [5.41, 5.74) is 0.533. The van der Waals surface area contributed by atoms with Crippen molar-refractivity contribution in [1.82, 2.24) is 5.32 Å². The Morgan fingerprint density at radius 2 is 2.20 bits per heavy atom. The highest BCUT2D eigenvalue weighted by Gasteiger charge is 2.31. The van der Waals surface area contributed by atoms with Gasteiger partial charge < -0.3 is 20.1 Å². The van der Waals surface area contributed by atoms with Gasteiger partial charge in [0.05, 0.1) is 25.3 Å². The number of carboxylic acids is 2. The predicted molar refractivity (Wildman–Crippen MR) is 70.0 cm³/mol. The number of carbonyl (C=O) groups is 2. The topological polar surface area (TPSA) is 128 Å². The van der Waals surface area contributed by atoms with Crippen LogP contribution >= 0.6 is 0 Å². The Morgan fingerprint density at radius 3 is 2.70 bits per heavy atom. The van der Waals surface area contributed by atoms with E-state index in [1.165, 1.54) is 7.11 Å². The van der Waals surface area contributed by atoms with E-state index in [2.05, 4.69) is 10.3 Å². The van der Waals surface area contributed by atoms with Gasteiger partial charge in [0.25, 0.3) is 0 Å². The maximum Gasteiger partial charge on any atom is 0.330 e. The highest BCUT2D eigenvalue weighted by atomic mass is 16.5. The van der Waals surface area contributed by atoms with Crippen LogP contribution in [-0.4, -0.2) is 71.4 Å². The van der Waals surface area contributed by atoms with Crippen molar-refractivity contribution in [1.29, 1.82) is 0 Å². The lowest BCUT2D eigenvalue weighted by atomic mass is 9.90. The van der Waals surface area contributed by atoms with Crippen molar-refractivity contribution in [2.75, 3.05) is 20.3 Å². The number of aliphatic hydroxyl groups excluding tert-OH is 1. The zero-order valence-corrected chi connectivity index (χ0v) is 11.3. The Morgan fingerprint density at radius 1 is 1.50 bits per heavy atom. The highest BCUT2D eigenvalue weighted by molar-refractivity contribution is 5.93. The van der Waals surface area contributed by atoms with Gasteiger partial charge in [-0.25, -0.2) is 4.79 Å². The first-order valence-electron chi connectivity index (χ1n) is 6.37. The molecule has 1 fully saturated rings. The molecule has 0 aliphatic heterocycles. The first-order valence-corrected chi connectivity index (χ1v) is 6.37. The molecule has 8 heteroatoms. The number of nitrogens with zero attached hydrogens (tertiary/aromatic N) is 1. The monoisotopic (exact) mass is 288 g/mol. The second-order valence-corrected chi connectivity index (χ2v) is 4.58. The van der Waals surface area contributed by atoms with Crippen molar-refractivity contribution < 1.29 is 29.6 Å². The molecule has 0 saturated heterocycles. The molecule has 1 rings (SSSR count). The molecule has 0 heterocycles. The lowest BCUT2D eigenvalue weighted by molar-refractivity contribution is -0.139. The summed E-state index contributed by atoms with van der Waals surface area (Å²) in [6.45, 7) is -0.859. The van der Waals surface area contributed by atoms with E-state index >= 15 is 0 Å². The van der Waals surface area contributed by atoms with Crippen LogP contribution in [-0.2, 0) is 14.3 Å². The molecule has 114 valence electrons. The Kier molecular flexibility index (Phi) is 6.56. The molecule has 0 aromatic rings. The molecule has 0 radical (unpaired) electrons. The summed E-state index contributed by atoms with van der Waals surface area (Å²) in [6.07, 6.45) is 1.82. The number of methoxy groups -OCH3 is 1. The van der Waals surface area contributed by atoms with Gasteiger partial charge in [-0.15, -0.1) is 0 Å². The molecular formula is C12H20N2O6. The van der Waals surface area contributed by atoms with E-state index in [1.807, 2.05) is 0 Å². The molecular weight excluding hydrogens is 268 g/mol. The van der Waals surface area contributed by atoms with Crippen LogP contribution in [0.2, 0.25) is 0 Å². The number of ether oxygens (including phenoxy) is 1. The van der Waals surface area contributed by atoms with Gasteiger partial charge in [-0.2, -0.15) is 0 Å². The van der Waals surface area contributed by atoms with E-state index in [4.69, 9.17) is 20.1 Å². The van der Waals surface area contributed by atoms with Crippen molar-refractivity contribution in [3.8, 4) is 0 Å². The third-order valence-electron chi connectivity index (χ3n) is 3.21. The van der Waals surface area contributed by atoms with E-state index in [1.54, 1.807) is 0 Å². The Labute approximate surface area is 116 Å². The van der Waals surface area contributed by atoms with Crippen molar-refractivity contribution in [3.05, 3.63) is 0 Å². The SMILES string of the molecule is COC1CCC/C(=N/[C@@H](CO)C(=O)O)C1NCC(=O)O. The Bertz CT molecular complexity index is 384. The van der Waals surface area contributed by atoms with Gasteiger partial charge in [-0.3, -0.25) is 15.1 Å². The van der Waals surface area contributed by atoms with Crippen LogP contribution in [0, 0.1) is 0 Å². The van der Waals surface area contributed by atoms with Crippen LogP contribution in [0.3, 0.4) is 0 Å². The molecule has 0 bridgehead atoms. The largest absolute Gasteiger partial charge is 0.480 e. The van der Waals surface area contributed by atoms with Crippen molar-refractivity contribution in [3.63, 3.8) is 0 Å². The zero-order valence-electron chi connectivity index (χ0n) is 11.3. The lowest BCUT2D eigenvalue weighted by Gasteiger charge is -2.32. The summed E-state index contributed by atoms with van der Waals surface area (Å²) in [7, 11) is 1.52. The predicted octanol–water partition coefficient (Wildman–Crippen LogP) is -0.885. The maximum absolute atomic E-state index is 10.9. The number of carboxylic acid groups (broad SMARTS) is 2. The van der Waals surface area contributed by atoms with E-state index in [9.17, 15) is 9.59 Å². The fraction of sp³-hybridized carbons (Fsp3) is 0.750. The van der Waals surface area contributed by atoms with E-state index in [-0.39, 0.29) is 12.6 Å². The van der Waals surface area contributed by atoms with Gasteiger partial charge >= 0.3 is 11.9 Å². The minimum absolute atomic E-state index is 0.255. The van der Waals surface area contributed by atoms with Crippen LogP contribution in [0.15, 0.2) is 4.99 Å². The highest BCUT2D eigenvalue weighted by Crippen LogP contribution is 2.20. The maximum atomic E-state index is 10.9. The molecule has 0 spiro atoms. The summed E-state index contributed by atoms with van der Waals surface area (Å²) in [5.74, 6) is -2.22. The fourth-order valence-corrected chi connectivity index (χ4v) is 2.24. The molecule has 8 nitrogen and oxygen atoms in total. The first-order chi connectivity index (χ1) is 9.49. The molecule has 0 amide bonds. The van der Waals surface area contributed by atoms with Gasteiger partial charge in [0.15, 0.2) is 6.04 Å². The molecule has 1 saturated carbocycles. The molecule has 0 aromatic carbocycles. The number of rotatable bonds is 7. The standard InChI is InChI=1S/C12H20N2O6/c1-20-9-4-2-3-7(11(9)13-5-10(16)17)14-8(6-15)12(18)19/h8-9,11,13,15H,2-6H2,1H3,(H,16,17)(H,18,19)/b14-7-/t8-,9?,11?/m0/s1. The minimum atomic E-state index is -1.23. The van der Waals surface area contributed by atoms with Crippen LogP contribution < -0.4 is 5.32 Å². The number of nitrogens with one attached hydrogen (secondary N) is 1. The van der Waals surface area contributed by atoms with E-state index in [0.29, 0.717) is 12.1 Å². The molecule has 1 aliphatic rings. The van der Waals surface area contributed by atoms with Crippen molar-refractivity contribution >= 4 is 17.7 Å². The molecule has 4 N–H and O–H groups in total. The summed E-state index contributed by atoms with van der Waals surface area (Å²) in [5, 5.41) is 29.5. The summed E-state index contributed by atoms with van der Waals surface area (Å²) < 4.78 is 5.30. The Balaban J connectivity index is 2.89. The molecule has 20 heavy (non-hydrogen) atoms. The average Bonchev–Trinajstić information content (AvgIpc) is 2.42. The summed E-state index contributed by atoms with van der Waals surface area (Å²) in [4.78, 5) is 25.6. The zero-order chi connectivity index (χ0) is 15.1. The second-order valence-electron chi connectivity index (χ2n) is 4.58. The van der Waals surface area contributed by atoms with Crippen LogP contribution in [0.25, 0.3) is 0 Å². The van der Waals surface area contributed by atoms with Gasteiger partial charge in [0, 0.05) is 12.8 Å².